The molecule has 0 atom stereocenters. The Bertz CT molecular complexity index is 812. The third kappa shape index (κ3) is 6.22. The number of hydrogen-bond acceptors (Lipinski definition) is 4. The van der Waals surface area contributed by atoms with Crippen molar-refractivity contribution < 1.29 is 27.8 Å². The van der Waals surface area contributed by atoms with E-state index in [1.54, 1.807) is 31.4 Å². The van der Waals surface area contributed by atoms with E-state index in [0.29, 0.717) is 17.6 Å². The molecule has 1 N–H and O–H groups in total. The molecule has 0 spiro atoms. The Labute approximate surface area is 162 Å². The molecule has 0 aromatic heterocycles. The number of nitrogens with zero attached hydrogens (tertiary/aromatic N) is 1. The van der Waals surface area contributed by atoms with Crippen LogP contribution in [0.15, 0.2) is 42.5 Å². The monoisotopic (exact) mass is 392 g/mol. The second-order valence-electron chi connectivity index (χ2n) is 5.89. The summed E-state index contributed by atoms with van der Waals surface area (Å²) in [6.45, 7) is 1.77. The van der Waals surface area contributed by atoms with E-state index < -0.39 is 17.5 Å². The van der Waals surface area contributed by atoms with Gasteiger partial charge in [-0.2, -0.15) is 0 Å². The summed E-state index contributed by atoms with van der Waals surface area (Å²) in [6, 6.07) is 9.96. The summed E-state index contributed by atoms with van der Waals surface area (Å²) in [6.07, 6.45) is -0.0288. The van der Waals surface area contributed by atoms with Gasteiger partial charge in [-0.15, -0.1) is 0 Å². The summed E-state index contributed by atoms with van der Waals surface area (Å²) < 4.78 is 37.5. The maximum Gasteiger partial charge on any atom is 0.223 e. The molecule has 0 radical (unpaired) electrons. The second kappa shape index (κ2) is 10.2. The molecule has 2 amide bonds. The molecular weight excluding hydrogens is 370 g/mol. The maximum absolute atomic E-state index is 13.9. The number of halogens is 2. The van der Waals surface area contributed by atoms with Gasteiger partial charge in [0.2, 0.25) is 11.8 Å². The first-order chi connectivity index (χ1) is 13.4. The Hall–Kier alpha value is -3.16. The zero-order valence-corrected chi connectivity index (χ0v) is 15.7. The highest BCUT2D eigenvalue weighted by Gasteiger charge is 2.17. The first kappa shape index (κ1) is 21.1. The van der Waals surface area contributed by atoms with E-state index in [1.807, 2.05) is 0 Å². The van der Waals surface area contributed by atoms with Gasteiger partial charge in [0.1, 0.15) is 29.7 Å². The highest BCUT2D eigenvalue weighted by Crippen LogP contribution is 2.20. The molecule has 0 heterocycles. The zero-order chi connectivity index (χ0) is 20.5. The quantitative estimate of drug-likeness (QED) is 0.667. The molecule has 0 saturated heterocycles. The van der Waals surface area contributed by atoms with Crippen molar-refractivity contribution in [2.45, 2.75) is 13.3 Å². The third-order valence-corrected chi connectivity index (χ3v) is 3.90. The van der Waals surface area contributed by atoms with Gasteiger partial charge in [-0.3, -0.25) is 9.59 Å². The lowest BCUT2D eigenvalue weighted by atomic mass is 10.2. The smallest absolute Gasteiger partial charge is 0.223 e. The van der Waals surface area contributed by atoms with Crippen LogP contribution in [0, 0.1) is 11.6 Å². The molecule has 0 fully saturated rings. The Morgan fingerprint density at radius 2 is 1.75 bits per heavy atom. The van der Waals surface area contributed by atoms with Crippen LogP contribution in [-0.4, -0.2) is 38.6 Å². The largest absolute Gasteiger partial charge is 0.497 e. The molecule has 0 bridgehead atoms. The van der Waals surface area contributed by atoms with Gasteiger partial charge in [0, 0.05) is 26.0 Å². The Morgan fingerprint density at radius 1 is 1.07 bits per heavy atom. The molecule has 0 unspecified atom stereocenters. The number of ether oxygens (including phenoxy) is 2. The van der Waals surface area contributed by atoms with Crippen molar-refractivity contribution in [2.75, 3.05) is 31.7 Å². The number of methoxy groups -OCH3 is 1. The van der Waals surface area contributed by atoms with Crippen molar-refractivity contribution in [2.24, 2.45) is 0 Å². The lowest BCUT2D eigenvalue weighted by Gasteiger charge is -2.21. The van der Waals surface area contributed by atoms with Gasteiger partial charge in [0.25, 0.3) is 0 Å². The minimum Gasteiger partial charge on any atom is -0.497 e. The van der Waals surface area contributed by atoms with Gasteiger partial charge in [0.15, 0.2) is 0 Å². The second-order valence-corrected chi connectivity index (χ2v) is 5.89. The molecule has 0 saturated carbocycles. The number of amides is 2. The standard InChI is InChI=1S/C20H22F2N2O4/c1-14(25)24(19-8-3-15(21)13-18(19)22)11-9-20(26)23-10-12-28-17-6-4-16(27-2)5-7-17/h3-8,13H,9-12H2,1-2H3,(H,23,26). The van der Waals surface area contributed by atoms with Gasteiger partial charge >= 0.3 is 0 Å². The van der Waals surface area contributed by atoms with E-state index in [1.165, 1.54) is 13.0 Å². The normalized spacial score (nSPS) is 10.3. The fourth-order valence-electron chi connectivity index (χ4n) is 2.48. The van der Waals surface area contributed by atoms with Crippen molar-refractivity contribution in [1.29, 1.82) is 0 Å². The van der Waals surface area contributed by atoms with E-state index >= 15 is 0 Å². The van der Waals surface area contributed by atoms with Gasteiger partial charge in [0.05, 0.1) is 19.3 Å². The highest BCUT2D eigenvalue weighted by atomic mass is 19.1. The van der Waals surface area contributed by atoms with Crippen LogP contribution in [0.5, 0.6) is 11.5 Å². The van der Waals surface area contributed by atoms with Gasteiger partial charge < -0.3 is 19.7 Å². The van der Waals surface area contributed by atoms with Crippen molar-refractivity contribution in [1.82, 2.24) is 5.32 Å². The minimum absolute atomic E-state index is 0.0247. The van der Waals surface area contributed by atoms with Crippen LogP contribution in [0.25, 0.3) is 0 Å². The van der Waals surface area contributed by atoms with Crippen molar-refractivity contribution in [3.63, 3.8) is 0 Å². The molecule has 28 heavy (non-hydrogen) atoms. The number of nitrogens with one attached hydrogen (secondary N) is 1. The average molecular weight is 392 g/mol. The van der Waals surface area contributed by atoms with Crippen LogP contribution < -0.4 is 19.7 Å². The summed E-state index contributed by atoms with van der Waals surface area (Å²) in [5, 5.41) is 2.66. The van der Waals surface area contributed by atoms with Gasteiger partial charge in [-0.1, -0.05) is 0 Å². The van der Waals surface area contributed by atoms with Crippen LogP contribution in [0.3, 0.4) is 0 Å². The summed E-state index contributed by atoms with van der Waals surface area (Å²) in [5.41, 5.74) is -0.0652. The molecular formula is C20H22F2N2O4. The lowest BCUT2D eigenvalue weighted by molar-refractivity contribution is -0.121. The Balaban J connectivity index is 1.77. The van der Waals surface area contributed by atoms with Gasteiger partial charge in [-0.25, -0.2) is 8.78 Å². The summed E-state index contributed by atoms with van der Waals surface area (Å²) >= 11 is 0. The molecule has 2 aromatic rings. The van der Waals surface area contributed by atoms with Crippen LogP contribution in [-0.2, 0) is 9.59 Å². The number of benzene rings is 2. The van der Waals surface area contributed by atoms with E-state index in [-0.39, 0.29) is 37.7 Å². The Morgan fingerprint density at radius 3 is 2.36 bits per heavy atom. The molecule has 0 aliphatic heterocycles. The number of carbonyl (C=O) groups excluding carboxylic acids is 2. The molecule has 2 aromatic carbocycles. The number of carbonyl (C=O) groups is 2. The van der Waals surface area contributed by atoms with Gasteiger partial charge in [-0.05, 0) is 36.4 Å². The van der Waals surface area contributed by atoms with Crippen LogP contribution >= 0.6 is 0 Å². The Kier molecular flexibility index (Phi) is 7.74. The summed E-state index contributed by atoms with van der Waals surface area (Å²) in [5.74, 6) is -0.992. The molecule has 0 aliphatic carbocycles. The topological polar surface area (TPSA) is 67.9 Å². The zero-order valence-electron chi connectivity index (χ0n) is 15.7. The molecule has 6 nitrogen and oxygen atoms in total. The lowest BCUT2D eigenvalue weighted by Crippen LogP contribution is -2.35. The predicted molar refractivity (Wildman–Crippen MR) is 101 cm³/mol. The summed E-state index contributed by atoms with van der Waals surface area (Å²) in [4.78, 5) is 24.8. The first-order valence-electron chi connectivity index (χ1n) is 8.67. The first-order valence-corrected chi connectivity index (χ1v) is 8.67. The van der Waals surface area contributed by atoms with Crippen molar-refractivity contribution >= 4 is 17.5 Å². The van der Waals surface area contributed by atoms with E-state index in [4.69, 9.17) is 9.47 Å². The molecule has 0 aliphatic rings. The molecule has 150 valence electrons. The van der Waals surface area contributed by atoms with Crippen LogP contribution in [0.2, 0.25) is 0 Å². The van der Waals surface area contributed by atoms with Crippen LogP contribution in [0.1, 0.15) is 13.3 Å². The molecule has 2 rings (SSSR count). The maximum atomic E-state index is 13.9. The van der Waals surface area contributed by atoms with E-state index in [0.717, 1.165) is 11.0 Å². The SMILES string of the molecule is COc1ccc(OCCNC(=O)CCN(C(C)=O)c2ccc(F)cc2F)cc1. The number of anilines is 1. The minimum atomic E-state index is -0.858. The average Bonchev–Trinajstić information content (AvgIpc) is 2.67. The predicted octanol–water partition coefficient (Wildman–Crippen LogP) is 2.91. The molecule has 8 heteroatoms. The van der Waals surface area contributed by atoms with Crippen molar-refractivity contribution in [3.05, 3.63) is 54.1 Å². The van der Waals surface area contributed by atoms with Crippen molar-refractivity contribution in [3.8, 4) is 11.5 Å². The fourth-order valence-corrected chi connectivity index (χ4v) is 2.48. The van der Waals surface area contributed by atoms with Crippen LogP contribution in [0.4, 0.5) is 14.5 Å². The highest BCUT2D eigenvalue weighted by molar-refractivity contribution is 5.92. The third-order valence-electron chi connectivity index (χ3n) is 3.90. The van der Waals surface area contributed by atoms with E-state index in [2.05, 4.69) is 5.32 Å². The number of hydrogen-bond donors (Lipinski definition) is 1. The van der Waals surface area contributed by atoms with E-state index in [9.17, 15) is 18.4 Å². The number of rotatable bonds is 9. The fraction of sp³-hybridized carbons (Fsp3) is 0.300. The summed E-state index contributed by atoms with van der Waals surface area (Å²) in [7, 11) is 1.57.